The first-order chi connectivity index (χ1) is 17.3. The third kappa shape index (κ3) is 9.12. The molecule has 0 amide bonds. The van der Waals surface area contributed by atoms with Gasteiger partial charge in [-0.2, -0.15) is 0 Å². The Morgan fingerprint density at radius 2 is 1.29 bits per heavy atom. The van der Waals surface area contributed by atoms with E-state index in [1.807, 2.05) is 18.4 Å². The normalized spacial score (nSPS) is 12.0. The van der Waals surface area contributed by atoms with E-state index in [1.165, 1.54) is 36.5 Å². The van der Waals surface area contributed by atoms with Crippen LogP contribution in [0.1, 0.15) is 59.3 Å². The predicted molar refractivity (Wildman–Crippen MR) is 141 cm³/mol. The third-order valence-corrected chi connectivity index (χ3v) is 5.58. The fourth-order valence-corrected chi connectivity index (χ4v) is 3.52. The van der Waals surface area contributed by atoms with Crippen molar-refractivity contribution in [1.29, 1.82) is 0 Å². The van der Waals surface area contributed by atoms with E-state index < -0.39 is 6.10 Å². The standard InChI is InChI=1S/C14H15FN2O.C12H11FN2O.C2H3.BrH.Mg/c1-3-14(18)13-8-16-9-17(13)10(2)11-4-6-12(15)7-5-11;1-9(10-2-4-11(13)5-3-10)15-8-14-6-12(15)7-16;1-2;;/h3-10,14,18H,1H2,2H3;2-9H,1H3;1H,2H2;1H;/q;;-1;;+2/p-1/t10-,14?;9-;;;/m11.../s1. The van der Waals surface area contributed by atoms with Gasteiger partial charge in [-0.15, -0.1) is 6.58 Å². The van der Waals surface area contributed by atoms with E-state index >= 15 is 0 Å². The number of hydrogen-bond acceptors (Lipinski definition) is 4. The molecular formula is C28H29BrF2MgN4O2. The van der Waals surface area contributed by atoms with Gasteiger partial charge >= 0.3 is 23.1 Å². The fraction of sp³-hybridized carbons (Fsp3) is 0.179. The Morgan fingerprint density at radius 3 is 1.74 bits per heavy atom. The van der Waals surface area contributed by atoms with Crippen LogP contribution >= 0.6 is 0 Å². The molecule has 2 heterocycles. The van der Waals surface area contributed by atoms with Gasteiger partial charge in [0.15, 0.2) is 6.29 Å². The summed E-state index contributed by atoms with van der Waals surface area (Å²) in [6, 6.07) is 12.4. The molecule has 0 saturated heterocycles. The summed E-state index contributed by atoms with van der Waals surface area (Å²) in [7, 11) is 0. The monoisotopic (exact) mass is 594 g/mol. The molecule has 0 aliphatic carbocycles. The van der Waals surface area contributed by atoms with Gasteiger partial charge in [0.1, 0.15) is 23.4 Å². The molecule has 3 atom stereocenters. The maximum atomic E-state index is 12.9. The van der Waals surface area contributed by atoms with Crippen LogP contribution in [0.15, 0.2) is 92.8 Å². The molecular weight excluding hydrogens is 567 g/mol. The quantitative estimate of drug-likeness (QED) is 0.154. The van der Waals surface area contributed by atoms with E-state index in [0.29, 0.717) is 11.4 Å². The van der Waals surface area contributed by atoms with Crippen molar-refractivity contribution in [3.05, 3.63) is 134 Å². The topological polar surface area (TPSA) is 72.9 Å². The number of rotatable bonds is 7. The van der Waals surface area contributed by atoms with E-state index in [1.54, 1.807) is 47.7 Å². The fourth-order valence-electron chi connectivity index (χ4n) is 3.52. The molecule has 0 aliphatic heterocycles. The Hall–Kier alpha value is -2.92. The van der Waals surface area contributed by atoms with Crippen molar-refractivity contribution < 1.29 is 35.7 Å². The van der Waals surface area contributed by atoms with Crippen LogP contribution in [0.25, 0.3) is 0 Å². The Kier molecular flexibility index (Phi) is 16.2. The summed E-state index contributed by atoms with van der Waals surface area (Å²) in [6.45, 7) is 14.5. The molecule has 0 radical (unpaired) electrons. The van der Waals surface area contributed by atoms with Crippen LogP contribution in [0, 0.1) is 18.2 Å². The van der Waals surface area contributed by atoms with Gasteiger partial charge < -0.3 is 37.8 Å². The Labute approximate surface area is 248 Å². The van der Waals surface area contributed by atoms with Crippen molar-refractivity contribution in [1.82, 2.24) is 19.1 Å². The molecule has 0 aliphatic rings. The number of aliphatic hydroxyl groups excluding tert-OH is 1. The summed E-state index contributed by atoms with van der Waals surface area (Å²) in [5.74, 6) is -0.528. The molecule has 4 aromatic rings. The second kappa shape index (κ2) is 17.6. The van der Waals surface area contributed by atoms with Crippen molar-refractivity contribution in [2.75, 3.05) is 0 Å². The Balaban J connectivity index is 0.000000648. The molecule has 2 aromatic heterocycles. The van der Waals surface area contributed by atoms with Gasteiger partial charge in [0.2, 0.25) is 0 Å². The summed E-state index contributed by atoms with van der Waals surface area (Å²) >= 11 is 0. The number of aromatic nitrogens is 4. The first kappa shape index (κ1) is 35.1. The average molecular weight is 596 g/mol. The molecule has 0 bridgehead atoms. The minimum Gasteiger partial charge on any atom is -1.00 e. The maximum Gasteiger partial charge on any atom is 2.00 e. The van der Waals surface area contributed by atoms with Crippen molar-refractivity contribution in [3.63, 3.8) is 0 Å². The number of nitrogens with zero attached hydrogens (tertiary/aromatic N) is 4. The van der Waals surface area contributed by atoms with Crippen LogP contribution < -0.4 is 17.0 Å². The molecule has 6 nitrogen and oxygen atoms in total. The Morgan fingerprint density at radius 1 is 0.868 bits per heavy atom. The van der Waals surface area contributed by atoms with Gasteiger partial charge in [-0.05, 0) is 49.2 Å². The minimum atomic E-state index is -0.754. The predicted octanol–water partition coefficient (Wildman–Crippen LogP) is 2.52. The zero-order chi connectivity index (χ0) is 26.7. The van der Waals surface area contributed by atoms with Gasteiger partial charge in [-0.1, -0.05) is 30.3 Å². The van der Waals surface area contributed by atoms with Crippen LogP contribution in [0.2, 0.25) is 0 Å². The van der Waals surface area contributed by atoms with Gasteiger partial charge in [-0.25, -0.2) is 18.7 Å². The van der Waals surface area contributed by atoms with Crippen LogP contribution in [0.5, 0.6) is 0 Å². The molecule has 196 valence electrons. The summed E-state index contributed by atoms with van der Waals surface area (Å²) in [4.78, 5) is 18.7. The number of carbonyl (C=O) groups is 1. The number of benzene rings is 2. The first-order valence-electron chi connectivity index (χ1n) is 11.1. The number of carbonyl (C=O) groups excluding carboxylic acids is 1. The molecule has 38 heavy (non-hydrogen) atoms. The van der Waals surface area contributed by atoms with Gasteiger partial charge in [0, 0.05) is 0 Å². The van der Waals surface area contributed by atoms with E-state index in [4.69, 9.17) is 0 Å². The second-order valence-corrected chi connectivity index (χ2v) is 7.70. The van der Waals surface area contributed by atoms with Crippen molar-refractivity contribution in [3.8, 4) is 0 Å². The number of imidazole rings is 2. The van der Waals surface area contributed by atoms with Crippen LogP contribution in [-0.2, 0) is 0 Å². The zero-order valence-corrected chi connectivity index (χ0v) is 24.3. The Bertz CT molecular complexity index is 1250. The van der Waals surface area contributed by atoms with Gasteiger partial charge in [0.05, 0.1) is 42.8 Å². The average Bonchev–Trinajstić information content (AvgIpc) is 3.60. The summed E-state index contributed by atoms with van der Waals surface area (Å²) in [5.41, 5.74) is 3.06. The number of aliphatic hydroxyl groups is 1. The van der Waals surface area contributed by atoms with Crippen LogP contribution in [0.3, 0.4) is 0 Å². The first-order valence-corrected chi connectivity index (χ1v) is 11.1. The molecule has 2 aromatic carbocycles. The van der Waals surface area contributed by atoms with Gasteiger partial charge in [-0.3, -0.25) is 11.4 Å². The zero-order valence-electron chi connectivity index (χ0n) is 21.3. The van der Waals surface area contributed by atoms with E-state index in [9.17, 15) is 18.7 Å². The second-order valence-electron chi connectivity index (χ2n) is 7.70. The SMILES string of the molecule is C=CC(O)c1cncn1[C@H](C)c1ccc(F)cc1.C[C@H](c1ccc(F)cc1)n1cncc1C=O.[Br-].[CH-]=C.[Mg+2]. The molecule has 1 unspecified atom stereocenters. The largest absolute Gasteiger partial charge is 2.00 e. The van der Waals surface area contributed by atoms with E-state index in [2.05, 4.69) is 29.7 Å². The van der Waals surface area contributed by atoms with E-state index in [0.717, 1.165) is 17.4 Å². The van der Waals surface area contributed by atoms with E-state index in [-0.39, 0.29) is 63.8 Å². The summed E-state index contributed by atoms with van der Waals surface area (Å²) < 4.78 is 29.2. The summed E-state index contributed by atoms with van der Waals surface area (Å²) in [6.07, 6.45) is 7.81. The van der Waals surface area contributed by atoms with Crippen LogP contribution in [0.4, 0.5) is 8.78 Å². The van der Waals surface area contributed by atoms with Crippen molar-refractivity contribution >= 4 is 29.3 Å². The smallest absolute Gasteiger partial charge is 1.00 e. The van der Waals surface area contributed by atoms with Crippen molar-refractivity contribution in [2.45, 2.75) is 32.0 Å². The molecule has 10 heteroatoms. The van der Waals surface area contributed by atoms with Crippen LogP contribution in [-0.4, -0.2) is 53.5 Å². The van der Waals surface area contributed by atoms with Gasteiger partial charge in [0.25, 0.3) is 0 Å². The molecule has 0 spiro atoms. The number of halogens is 3. The molecule has 0 saturated carbocycles. The minimum absolute atomic E-state index is 0. The number of hydrogen-bond donors (Lipinski definition) is 1. The molecule has 1 N–H and O–H groups in total. The molecule has 4 rings (SSSR count). The molecule has 0 fully saturated rings. The van der Waals surface area contributed by atoms with Crippen molar-refractivity contribution in [2.24, 2.45) is 0 Å². The summed E-state index contributed by atoms with van der Waals surface area (Å²) in [5, 5.41) is 9.80. The maximum absolute atomic E-state index is 12.9. The third-order valence-electron chi connectivity index (χ3n) is 5.58. The number of aldehydes is 1.